The quantitative estimate of drug-likeness (QED) is 0.140. The number of carbonyl (C=O) groups excluding carboxylic acids is 2. The molecule has 0 saturated heterocycles. The third-order valence-electron chi connectivity index (χ3n) is 7.59. The molecule has 1 heterocycles. The van der Waals surface area contributed by atoms with Gasteiger partial charge in [0.1, 0.15) is 18.5 Å². The Balaban J connectivity index is 1.20. The average molecular weight is 574 g/mol. The largest absolute Gasteiger partial charge is 0.486 e. The van der Waals surface area contributed by atoms with Gasteiger partial charge in [-0.2, -0.15) is 0 Å². The molecule has 5 aromatic rings. The lowest BCUT2D eigenvalue weighted by Crippen LogP contribution is -2.11. The van der Waals surface area contributed by atoms with Crippen LogP contribution >= 0.6 is 0 Å². The first-order valence-electron chi connectivity index (χ1n) is 15.1. The van der Waals surface area contributed by atoms with Crippen LogP contribution in [-0.2, 0) is 29.0 Å². The van der Waals surface area contributed by atoms with E-state index in [2.05, 4.69) is 38.1 Å². The van der Waals surface area contributed by atoms with Crippen LogP contribution in [0.4, 0.5) is 0 Å². The number of rotatable bonds is 12. The van der Waals surface area contributed by atoms with Gasteiger partial charge in [-0.3, -0.25) is 14.2 Å². The topological polar surface area (TPSA) is 57.5 Å². The van der Waals surface area contributed by atoms with Crippen LogP contribution in [0.3, 0.4) is 0 Å². The van der Waals surface area contributed by atoms with Crippen LogP contribution in [0.2, 0.25) is 0 Å². The predicted octanol–water partition coefficient (Wildman–Crippen LogP) is 8.73. The fourth-order valence-electron chi connectivity index (χ4n) is 5.33. The van der Waals surface area contributed by atoms with Gasteiger partial charge in [-0.15, -0.1) is 0 Å². The Morgan fingerprint density at radius 2 is 1.47 bits per heavy atom. The number of aromatic nitrogens is 1. The van der Waals surface area contributed by atoms with Crippen LogP contribution in [-0.4, -0.2) is 16.4 Å². The summed E-state index contributed by atoms with van der Waals surface area (Å²) in [5, 5.41) is 1.02. The second kappa shape index (κ2) is 14.0. The Hall–Kier alpha value is -4.64. The van der Waals surface area contributed by atoms with Gasteiger partial charge in [-0.05, 0) is 84.7 Å². The van der Waals surface area contributed by atoms with Crippen LogP contribution in [0.5, 0.6) is 5.75 Å². The highest BCUT2D eigenvalue weighted by atomic mass is 16.5. The first-order valence-corrected chi connectivity index (χ1v) is 15.1. The predicted molar refractivity (Wildman–Crippen MR) is 171 cm³/mol. The molecule has 0 aliphatic heterocycles. The zero-order valence-electron chi connectivity index (χ0n) is 25.2. The molecule has 5 heteroatoms. The second-order valence-corrected chi connectivity index (χ2v) is 11.5. The van der Waals surface area contributed by atoms with Crippen molar-refractivity contribution in [2.45, 2.75) is 59.2 Å². The maximum Gasteiger partial charge on any atom is 0.306 e. The SMILES string of the molecule is CC(C)Cc1ccc(C(C)Oc2ccc(C(=O)n3cc(CCCC(=O)OCc4ccccc4)c4ccccc43)cc2)cc1. The molecule has 1 atom stereocenters. The van der Waals surface area contributed by atoms with E-state index in [-0.39, 0.29) is 24.6 Å². The van der Waals surface area contributed by atoms with Gasteiger partial charge in [-0.1, -0.05) is 86.6 Å². The van der Waals surface area contributed by atoms with E-state index in [1.54, 1.807) is 4.57 Å². The van der Waals surface area contributed by atoms with Crippen LogP contribution in [0.25, 0.3) is 10.9 Å². The van der Waals surface area contributed by atoms with E-state index >= 15 is 0 Å². The molecule has 5 nitrogen and oxygen atoms in total. The second-order valence-electron chi connectivity index (χ2n) is 11.5. The van der Waals surface area contributed by atoms with Crippen molar-refractivity contribution in [1.82, 2.24) is 4.57 Å². The van der Waals surface area contributed by atoms with E-state index in [4.69, 9.17) is 9.47 Å². The molecular formula is C38H39NO4. The number of hydrogen-bond donors (Lipinski definition) is 0. The van der Waals surface area contributed by atoms with Gasteiger partial charge < -0.3 is 9.47 Å². The van der Waals surface area contributed by atoms with E-state index in [1.165, 1.54) is 5.56 Å². The summed E-state index contributed by atoms with van der Waals surface area (Å²) in [5.41, 5.74) is 5.88. The fraction of sp³-hybridized carbons (Fsp3) is 0.263. The average Bonchev–Trinajstić information content (AvgIpc) is 3.39. The molecule has 0 aliphatic carbocycles. The molecular weight excluding hydrogens is 534 g/mol. The van der Waals surface area contributed by atoms with E-state index in [0.29, 0.717) is 36.5 Å². The van der Waals surface area contributed by atoms with Gasteiger partial charge in [0.25, 0.3) is 5.91 Å². The number of nitrogens with zero attached hydrogens (tertiary/aromatic N) is 1. The van der Waals surface area contributed by atoms with Gasteiger partial charge in [0.2, 0.25) is 0 Å². The Bertz CT molecular complexity index is 1650. The number of hydrogen-bond acceptors (Lipinski definition) is 4. The zero-order chi connectivity index (χ0) is 30.2. The Kier molecular flexibility index (Phi) is 9.73. The molecule has 0 bridgehead atoms. The number of aryl methyl sites for hydroxylation is 1. The minimum atomic E-state index is -0.219. The van der Waals surface area contributed by atoms with Crippen molar-refractivity contribution >= 4 is 22.8 Å². The van der Waals surface area contributed by atoms with Crippen molar-refractivity contribution in [1.29, 1.82) is 0 Å². The number of para-hydroxylation sites is 1. The van der Waals surface area contributed by atoms with E-state index in [9.17, 15) is 9.59 Å². The molecule has 220 valence electrons. The van der Waals surface area contributed by atoms with E-state index in [1.807, 2.05) is 92.0 Å². The van der Waals surface area contributed by atoms with Gasteiger partial charge >= 0.3 is 5.97 Å². The highest BCUT2D eigenvalue weighted by Gasteiger charge is 2.16. The molecule has 0 saturated carbocycles. The third-order valence-corrected chi connectivity index (χ3v) is 7.59. The summed E-state index contributed by atoms with van der Waals surface area (Å²) in [6.07, 6.45) is 4.49. The lowest BCUT2D eigenvalue weighted by atomic mass is 10.0. The van der Waals surface area contributed by atoms with Gasteiger partial charge in [-0.25, -0.2) is 0 Å². The summed E-state index contributed by atoms with van der Waals surface area (Å²) in [6.45, 7) is 6.76. The van der Waals surface area contributed by atoms with Gasteiger partial charge in [0, 0.05) is 23.6 Å². The standard InChI is InChI=1S/C38H39NO4/c1-27(2)24-29-16-18-31(19-17-29)28(3)43-34-22-20-32(21-23-34)38(41)39-25-33(35-13-7-8-14-36(35)39)12-9-15-37(40)42-26-30-10-5-4-6-11-30/h4-8,10-11,13-14,16-23,25,27-28H,9,12,15,24,26H2,1-3H3. The molecule has 0 N–H and O–H groups in total. The van der Waals surface area contributed by atoms with E-state index in [0.717, 1.165) is 34.0 Å². The normalized spacial score (nSPS) is 11.9. The highest BCUT2D eigenvalue weighted by molar-refractivity contribution is 6.03. The Labute approximate surface area is 254 Å². The van der Waals surface area contributed by atoms with Crippen molar-refractivity contribution in [2.75, 3.05) is 0 Å². The summed E-state index contributed by atoms with van der Waals surface area (Å²) in [6, 6.07) is 33.5. The van der Waals surface area contributed by atoms with Crippen molar-refractivity contribution in [2.24, 2.45) is 5.92 Å². The zero-order valence-corrected chi connectivity index (χ0v) is 25.2. The maximum absolute atomic E-state index is 13.6. The molecule has 4 aromatic carbocycles. The van der Waals surface area contributed by atoms with Crippen LogP contribution in [0.15, 0.2) is 109 Å². The number of carbonyl (C=O) groups is 2. The van der Waals surface area contributed by atoms with E-state index < -0.39 is 0 Å². The molecule has 0 amide bonds. The van der Waals surface area contributed by atoms with Crippen LogP contribution in [0.1, 0.15) is 72.3 Å². The lowest BCUT2D eigenvalue weighted by molar-refractivity contribution is -0.145. The summed E-state index contributed by atoms with van der Waals surface area (Å²) < 4.78 is 13.3. The highest BCUT2D eigenvalue weighted by Crippen LogP contribution is 2.26. The Morgan fingerprint density at radius 1 is 0.767 bits per heavy atom. The third kappa shape index (κ3) is 7.81. The molecule has 0 aliphatic rings. The summed E-state index contributed by atoms with van der Waals surface area (Å²) in [5.74, 6) is 1.01. The molecule has 1 unspecified atom stereocenters. The number of fused-ring (bicyclic) bond motifs is 1. The molecule has 0 fully saturated rings. The molecule has 1 aromatic heterocycles. The van der Waals surface area contributed by atoms with Crippen LogP contribution in [0, 0.1) is 5.92 Å². The minimum Gasteiger partial charge on any atom is -0.486 e. The number of benzene rings is 4. The fourth-order valence-corrected chi connectivity index (χ4v) is 5.33. The lowest BCUT2D eigenvalue weighted by Gasteiger charge is -2.16. The molecule has 0 radical (unpaired) electrons. The van der Waals surface area contributed by atoms with Gasteiger partial charge in [0.15, 0.2) is 0 Å². The maximum atomic E-state index is 13.6. The number of ether oxygens (including phenoxy) is 2. The minimum absolute atomic E-state index is 0.106. The van der Waals surface area contributed by atoms with Crippen molar-refractivity contribution < 1.29 is 19.1 Å². The van der Waals surface area contributed by atoms with Gasteiger partial charge in [0.05, 0.1) is 5.52 Å². The molecule has 43 heavy (non-hydrogen) atoms. The smallest absolute Gasteiger partial charge is 0.306 e. The first-order chi connectivity index (χ1) is 20.9. The Morgan fingerprint density at radius 3 is 2.19 bits per heavy atom. The molecule has 0 spiro atoms. The summed E-state index contributed by atoms with van der Waals surface area (Å²) in [4.78, 5) is 25.9. The van der Waals surface area contributed by atoms with Crippen molar-refractivity contribution in [3.63, 3.8) is 0 Å². The monoisotopic (exact) mass is 573 g/mol. The first kappa shape index (κ1) is 29.8. The van der Waals surface area contributed by atoms with Crippen LogP contribution < -0.4 is 4.74 Å². The summed E-state index contributed by atoms with van der Waals surface area (Å²) >= 11 is 0. The summed E-state index contributed by atoms with van der Waals surface area (Å²) in [7, 11) is 0. The van der Waals surface area contributed by atoms with Crippen molar-refractivity contribution in [3.05, 3.63) is 137 Å². The van der Waals surface area contributed by atoms with Crippen molar-refractivity contribution in [3.8, 4) is 5.75 Å². The number of esters is 1. The molecule has 5 rings (SSSR count).